The number of urea groups is 1. The number of thiazole rings is 1. The Morgan fingerprint density at radius 3 is 2.78 bits per heavy atom. The van der Waals surface area contributed by atoms with Gasteiger partial charge in [-0.1, -0.05) is 23.5 Å². The van der Waals surface area contributed by atoms with Crippen molar-refractivity contribution in [3.05, 3.63) is 24.3 Å². The van der Waals surface area contributed by atoms with Gasteiger partial charge in [0.1, 0.15) is 16.0 Å². The van der Waals surface area contributed by atoms with Crippen LogP contribution in [0.25, 0.3) is 10.2 Å². The highest BCUT2D eigenvalue weighted by Gasteiger charge is 2.07. The summed E-state index contributed by atoms with van der Waals surface area (Å²) >= 11 is 1.25. The van der Waals surface area contributed by atoms with Crippen LogP contribution in [0, 0.1) is 0 Å². The molecule has 0 unspecified atom stereocenters. The number of amides is 2. The Morgan fingerprint density at radius 1 is 1.39 bits per heavy atom. The van der Waals surface area contributed by atoms with Gasteiger partial charge in [0.15, 0.2) is 5.13 Å². The Labute approximate surface area is 107 Å². The zero-order valence-corrected chi connectivity index (χ0v) is 10.5. The first kappa shape index (κ1) is 12.7. The number of rotatable bonds is 3. The predicted octanol–water partition coefficient (Wildman–Crippen LogP) is 0.920. The highest BCUT2D eigenvalue weighted by atomic mass is 32.2. The third-order valence-electron chi connectivity index (χ3n) is 1.92. The van der Waals surface area contributed by atoms with E-state index in [2.05, 4.69) is 10.3 Å². The van der Waals surface area contributed by atoms with Crippen molar-refractivity contribution in [2.45, 2.75) is 0 Å². The molecule has 1 aromatic carbocycles. The largest absolute Gasteiger partial charge is 0.747 e. The highest BCUT2D eigenvalue weighted by Crippen LogP contribution is 2.25. The molecular weight excluding hydrogens is 278 g/mol. The molecule has 0 spiro atoms. The molecule has 18 heavy (non-hydrogen) atoms. The fraction of sp³-hybridized carbons (Fsp3) is 0.111. The first-order valence-electron chi connectivity index (χ1n) is 4.78. The van der Waals surface area contributed by atoms with Crippen molar-refractivity contribution in [2.75, 3.05) is 11.2 Å². The van der Waals surface area contributed by atoms with Gasteiger partial charge in [-0.3, -0.25) is 5.32 Å². The highest BCUT2D eigenvalue weighted by molar-refractivity contribution is 7.85. The number of nitrogens with zero attached hydrogens (tertiary/aromatic N) is 1. The Morgan fingerprint density at radius 2 is 2.11 bits per heavy atom. The molecule has 0 radical (unpaired) electrons. The van der Waals surface area contributed by atoms with E-state index in [9.17, 15) is 17.8 Å². The minimum Gasteiger partial charge on any atom is -0.747 e. The molecule has 1 aromatic heterocycles. The fourth-order valence-corrected chi connectivity index (χ4v) is 2.39. The number of benzene rings is 1. The van der Waals surface area contributed by atoms with Gasteiger partial charge in [0.05, 0.1) is 10.2 Å². The monoisotopic (exact) mass is 286 g/mol. The average Bonchev–Trinajstić information content (AvgIpc) is 2.67. The Bertz CT molecular complexity index is 647. The molecule has 0 aliphatic rings. The Hall–Kier alpha value is -1.71. The second-order valence-corrected chi connectivity index (χ2v) is 5.75. The summed E-state index contributed by atoms with van der Waals surface area (Å²) in [6.07, 6.45) is 0. The van der Waals surface area contributed by atoms with Gasteiger partial charge in [-0.15, -0.1) is 0 Å². The Balaban J connectivity index is 2.03. The topological polar surface area (TPSA) is 111 Å². The quantitative estimate of drug-likeness (QED) is 0.815. The minimum absolute atomic E-state index is 0.331. The second kappa shape index (κ2) is 4.88. The molecule has 1 heterocycles. The van der Waals surface area contributed by atoms with E-state index in [1.807, 2.05) is 23.5 Å². The van der Waals surface area contributed by atoms with Gasteiger partial charge >= 0.3 is 6.03 Å². The van der Waals surface area contributed by atoms with E-state index in [0.717, 1.165) is 10.2 Å². The summed E-state index contributed by atoms with van der Waals surface area (Å²) in [5, 5.41) is 4.62. The van der Waals surface area contributed by atoms with Crippen LogP contribution in [0.5, 0.6) is 0 Å². The third-order valence-corrected chi connectivity index (χ3v) is 3.37. The number of hydrogen-bond acceptors (Lipinski definition) is 6. The lowest BCUT2D eigenvalue weighted by Crippen LogP contribution is -2.33. The van der Waals surface area contributed by atoms with Gasteiger partial charge in [-0.25, -0.2) is 18.2 Å². The van der Waals surface area contributed by atoms with Crippen LogP contribution in [0.3, 0.4) is 0 Å². The van der Waals surface area contributed by atoms with E-state index >= 15 is 0 Å². The van der Waals surface area contributed by atoms with Gasteiger partial charge in [0, 0.05) is 0 Å². The van der Waals surface area contributed by atoms with Gasteiger partial charge in [-0.05, 0) is 12.1 Å². The summed E-state index contributed by atoms with van der Waals surface area (Å²) in [5.74, 6) is -0.955. The number of nitrogens with one attached hydrogen (secondary N) is 2. The summed E-state index contributed by atoms with van der Waals surface area (Å²) in [5.41, 5.74) is 0.731. The summed E-state index contributed by atoms with van der Waals surface area (Å²) < 4.78 is 31.8. The van der Waals surface area contributed by atoms with Crippen LogP contribution in [-0.2, 0) is 10.1 Å². The van der Waals surface area contributed by atoms with Crippen molar-refractivity contribution in [1.82, 2.24) is 10.3 Å². The van der Waals surface area contributed by atoms with Crippen molar-refractivity contribution in [1.29, 1.82) is 0 Å². The number of aromatic nitrogens is 1. The van der Waals surface area contributed by atoms with Crippen LogP contribution in [-0.4, -0.2) is 29.9 Å². The molecule has 0 saturated carbocycles. The average molecular weight is 286 g/mol. The predicted molar refractivity (Wildman–Crippen MR) is 66.3 cm³/mol. The number of carbonyl (C=O) groups excluding carboxylic acids is 1. The van der Waals surface area contributed by atoms with Crippen molar-refractivity contribution in [3.8, 4) is 0 Å². The molecule has 0 atom stereocenters. The van der Waals surface area contributed by atoms with Crippen LogP contribution in [0.1, 0.15) is 0 Å². The van der Waals surface area contributed by atoms with E-state index in [-0.39, 0.29) is 0 Å². The second-order valence-electron chi connectivity index (χ2n) is 3.32. The van der Waals surface area contributed by atoms with Gasteiger partial charge in [0.25, 0.3) is 0 Å². The molecular formula is C9H8N3O4S2-. The molecule has 9 heteroatoms. The van der Waals surface area contributed by atoms with Crippen molar-refractivity contribution >= 4 is 42.8 Å². The first-order chi connectivity index (χ1) is 8.44. The van der Waals surface area contributed by atoms with E-state index in [1.165, 1.54) is 11.3 Å². The lowest BCUT2D eigenvalue weighted by atomic mass is 10.3. The van der Waals surface area contributed by atoms with E-state index < -0.39 is 22.0 Å². The maximum atomic E-state index is 11.3. The summed E-state index contributed by atoms with van der Waals surface area (Å²) in [6.45, 7) is 0. The number of fused-ring (bicyclic) bond motifs is 1. The van der Waals surface area contributed by atoms with Crippen LogP contribution in [0.4, 0.5) is 9.93 Å². The zero-order chi connectivity index (χ0) is 13.2. The standard InChI is InChI=1S/C9H9N3O4S2/c13-8(10-5-18(14,15)16)12-9-11-6-3-1-2-4-7(6)17-9/h1-4H,5H2,(H,14,15,16)(H2,10,11,12,13)/p-1. The number of para-hydroxylation sites is 1. The van der Waals surface area contributed by atoms with E-state index in [1.54, 1.807) is 6.07 Å². The molecule has 0 fully saturated rings. The smallest absolute Gasteiger partial charge is 0.321 e. The SMILES string of the molecule is O=C(NCS(=O)(=O)[O-])Nc1nc2ccccc2s1. The lowest BCUT2D eigenvalue weighted by Gasteiger charge is -2.08. The maximum absolute atomic E-state index is 11.3. The third kappa shape index (κ3) is 3.39. The normalized spacial score (nSPS) is 11.4. The maximum Gasteiger partial charge on any atom is 0.321 e. The van der Waals surface area contributed by atoms with E-state index in [4.69, 9.17) is 0 Å². The van der Waals surface area contributed by atoms with Crippen LogP contribution in [0.2, 0.25) is 0 Å². The number of hydrogen-bond donors (Lipinski definition) is 2. The fourth-order valence-electron chi connectivity index (χ4n) is 1.22. The Kier molecular flexibility index (Phi) is 3.45. The summed E-state index contributed by atoms with van der Waals surface area (Å²) in [6, 6.07) is 6.51. The number of anilines is 1. The summed E-state index contributed by atoms with van der Waals surface area (Å²) in [4.78, 5) is 15.4. The van der Waals surface area contributed by atoms with E-state index in [0.29, 0.717) is 5.13 Å². The van der Waals surface area contributed by atoms with Crippen LogP contribution < -0.4 is 10.6 Å². The molecule has 0 aliphatic heterocycles. The van der Waals surface area contributed by atoms with Gasteiger partial charge < -0.3 is 9.87 Å². The molecule has 2 aromatic rings. The van der Waals surface area contributed by atoms with Crippen molar-refractivity contribution in [3.63, 3.8) is 0 Å². The number of carbonyl (C=O) groups is 1. The minimum atomic E-state index is -4.48. The van der Waals surface area contributed by atoms with Gasteiger partial charge in [-0.2, -0.15) is 0 Å². The molecule has 0 saturated heterocycles. The molecule has 2 N–H and O–H groups in total. The molecule has 0 bridgehead atoms. The first-order valence-corrected chi connectivity index (χ1v) is 7.17. The van der Waals surface area contributed by atoms with Crippen LogP contribution >= 0.6 is 11.3 Å². The van der Waals surface area contributed by atoms with Crippen LogP contribution in [0.15, 0.2) is 24.3 Å². The lowest BCUT2D eigenvalue weighted by molar-refractivity contribution is 0.253. The molecule has 2 amide bonds. The van der Waals surface area contributed by atoms with Crippen molar-refractivity contribution < 1.29 is 17.8 Å². The molecule has 7 nitrogen and oxygen atoms in total. The molecule has 0 aliphatic carbocycles. The molecule has 2 rings (SSSR count). The van der Waals surface area contributed by atoms with Gasteiger partial charge in [0.2, 0.25) is 0 Å². The van der Waals surface area contributed by atoms with Crippen molar-refractivity contribution in [2.24, 2.45) is 0 Å². The summed E-state index contributed by atoms with van der Waals surface area (Å²) in [7, 11) is -4.48. The molecule has 96 valence electrons. The zero-order valence-electron chi connectivity index (χ0n) is 8.91.